The van der Waals surface area contributed by atoms with E-state index in [1.54, 1.807) is 24.3 Å². The Labute approximate surface area is 185 Å². The Kier molecular flexibility index (Phi) is 5.78. The molecule has 4 rings (SSSR count). The predicted octanol–water partition coefficient (Wildman–Crippen LogP) is 5.13. The minimum atomic E-state index is -0.102. The molecule has 1 N–H and O–H groups in total. The van der Waals surface area contributed by atoms with Gasteiger partial charge in [-0.05, 0) is 63.1 Å². The lowest BCUT2D eigenvalue weighted by Gasteiger charge is -2.11. The van der Waals surface area contributed by atoms with Crippen molar-refractivity contribution in [2.75, 3.05) is 11.1 Å². The molecule has 0 unspecified atom stereocenters. The summed E-state index contributed by atoms with van der Waals surface area (Å²) in [7, 11) is 0. The van der Waals surface area contributed by atoms with Crippen LogP contribution in [-0.2, 0) is 4.79 Å². The van der Waals surface area contributed by atoms with Gasteiger partial charge in [0.2, 0.25) is 5.91 Å². The predicted molar refractivity (Wildman–Crippen MR) is 125 cm³/mol. The van der Waals surface area contributed by atoms with Crippen LogP contribution in [0.1, 0.15) is 40.4 Å². The number of hydrogen-bond donors (Lipinski definition) is 1. The van der Waals surface area contributed by atoms with E-state index >= 15 is 0 Å². The number of aromatic nitrogens is 3. The molecule has 4 aromatic rings. The van der Waals surface area contributed by atoms with Crippen LogP contribution >= 0.6 is 11.8 Å². The lowest BCUT2D eigenvalue weighted by Crippen LogP contribution is -2.12. The lowest BCUT2D eigenvalue weighted by atomic mass is 10.0. The number of pyridine rings is 1. The van der Waals surface area contributed by atoms with E-state index in [0.717, 1.165) is 16.3 Å². The molecule has 0 aliphatic heterocycles. The summed E-state index contributed by atoms with van der Waals surface area (Å²) in [4.78, 5) is 23.9. The number of hydrogen-bond acceptors (Lipinski definition) is 5. The van der Waals surface area contributed by atoms with Crippen molar-refractivity contribution < 1.29 is 9.59 Å². The summed E-state index contributed by atoms with van der Waals surface area (Å²) >= 11 is 1.51. The minimum Gasteiger partial charge on any atom is -0.326 e. The normalized spacial score (nSPS) is 11.2. The van der Waals surface area contributed by atoms with Crippen LogP contribution in [0, 0.1) is 20.8 Å². The van der Waals surface area contributed by atoms with Crippen molar-refractivity contribution in [3.05, 3.63) is 64.7 Å². The van der Waals surface area contributed by atoms with Crippen LogP contribution in [0.15, 0.2) is 47.6 Å². The fraction of sp³-hybridized carbons (Fsp3) is 0.250. The average molecular weight is 433 g/mol. The van der Waals surface area contributed by atoms with Crippen molar-refractivity contribution in [1.29, 1.82) is 0 Å². The Bertz CT molecular complexity index is 1330. The number of benzene rings is 2. The molecule has 7 heteroatoms. The Balaban J connectivity index is 1.51. The largest absolute Gasteiger partial charge is 0.326 e. The molecule has 2 aromatic carbocycles. The second kappa shape index (κ2) is 8.51. The van der Waals surface area contributed by atoms with Crippen LogP contribution in [0.25, 0.3) is 16.6 Å². The molecule has 2 heterocycles. The number of anilines is 1. The van der Waals surface area contributed by atoms with Gasteiger partial charge in [-0.3, -0.25) is 14.0 Å². The van der Waals surface area contributed by atoms with Crippen LogP contribution in [0.2, 0.25) is 0 Å². The Morgan fingerprint density at radius 2 is 1.84 bits per heavy atom. The number of carbonyl (C=O) groups excluding carboxylic acids is 2. The van der Waals surface area contributed by atoms with Crippen LogP contribution in [0.4, 0.5) is 5.69 Å². The van der Waals surface area contributed by atoms with Gasteiger partial charge in [-0.2, -0.15) is 0 Å². The molecule has 158 valence electrons. The molecule has 0 bridgehead atoms. The Hall–Kier alpha value is -3.19. The van der Waals surface area contributed by atoms with E-state index in [0.29, 0.717) is 23.4 Å². The molecular formula is C24H24N4O2S. The van der Waals surface area contributed by atoms with Gasteiger partial charge in [-0.15, -0.1) is 10.2 Å². The van der Waals surface area contributed by atoms with Gasteiger partial charge in [0, 0.05) is 28.8 Å². The lowest BCUT2D eigenvalue weighted by molar-refractivity contribution is -0.115. The molecule has 0 radical (unpaired) electrons. The molecule has 0 saturated heterocycles. The molecule has 31 heavy (non-hydrogen) atoms. The zero-order valence-electron chi connectivity index (χ0n) is 18.0. The molecule has 0 atom stereocenters. The fourth-order valence-electron chi connectivity index (χ4n) is 3.78. The van der Waals surface area contributed by atoms with Gasteiger partial charge in [0.05, 0.1) is 5.52 Å². The summed E-state index contributed by atoms with van der Waals surface area (Å²) in [5, 5.41) is 13.5. The number of nitrogens with zero attached hydrogens (tertiary/aromatic N) is 3. The highest BCUT2D eigenvalue weighted by molar-refractivity contribution is 7.99. The van der Waals surface area contributed by atoms with Gasteiger partial charge in [0.1, 0.15) is 0 Å². The number of rotatable bonds is 6. The van der Waals surface area contributed by atoms with E-state index in [9.17, 15) is 9.59 Å². The third-order valence-electron chi connectivity index (χ3n) is 5.21. The first-order valence-corrected chi connectivity index (χ1v) is 11.1. The highest BCUT2D eigenvalue weighted by atomic mass is 32.2. The van der Waals surface area contributed by atoms with E-state index in [1.807, 2.05) is 6.07 Å². The van der Waals surface area contributed by atoms with Crippen LogP contribution < -0.4 is 5.32 Å². The Morgan fingerprint density at radius 3 is 2.61 bits per heavy atom. The van der Waals surface area contributed by atoms with Crippen molar-refractivity contribution in [3.63, 3.8) is 0 Å². The maximum absolute atomic E-state index is 12.4. The number of amides is 1. The number of ketones is 1. The van der Waals surface area contributed by atoms with Crippen molar-refractivity contribution in [2.24, 2.45) is 0 Å². The highest BCUT2D eigenvalue weighted by Gasteiger charge is 2.14. The minimum absolute atomic E-state index is 0.0294. The van der Waals surface area contributed by atoms with Gasteiger partial charge in [0.15, 0.2) is 16.6 Å². The van der Waals surface area contributed by atoms with Crippen molar-refractivity contribution in [3.8, 4) is 0 Å². The van der Waals surface area contributed by atoms with E-state index in [4.69, 9.17) is 0 Å². The topological polar surface area (TPSA) is 76.4 Å². The van der Waals surface area contributed by atoms with Crippen LogP contribution in [0.5, 0.6) is 0 Å². The summed E-state index contributed by atoms with van der Waals surface area (Å²) in [5.41, 5.74) is 6.70. The maximum atomic E-state index is 12.4. The SMILES string of the molecule is CC(=O)c1cccc(NC(=O)CCSc2nnc3cc(C)c4cc(C)cc(C)c4n23)c1. The summed E-state index contributed by atoms with van der Waals surface area (Å²) in [6.07, 6.45) is 0.325. The first-order valence-electron chi connectivity index (χ1n) is 10.1. The zero-order valence-corrected chi connectivity index (χ0v) is 18.8. The molecule has 0 fully saturated rings. The van der Waals surface area contributed by atoms with E-state index in [-0.39, 0.29) is 11.7 Å². The quantitative estimate of drug-likeness (QED) is 0.338. The van der Waals surface area contributed by atoms with Crippen molar-refractivity contribution in [2.45, 2.75) is 39.3 Å². The van der Waals surface area contributed by atoms with Gasteiger partial charge in [0.25, 0.3) is 0 Å². The number of thioether (sulfide) groups is 1. The number of aryl methyl sites for hydroxylation is 3. The summed E-state index contributed by atoms with van der Waals surface area (Å²) in [6, 6.07) is 13.4. The van der Waals surface area contributed by atoms with Crippen molar-refractivity contribution >= 4 is 45.7 Å². The highest BCUT2D eigenvalue weighted by Crippen LogP contribution is 2.29. The number of carbonyl (C=O) groups is 2. The molecule has 0 aliphatic carbocycles. The summed E-state index contributed by atoms with van der Waals surface area (Å²) < 4.78 is 2.08. The van der Waals surface area contributed by atoms with Crippen LogP contribution in [-0.4, -0.2) is 32.0 Å². The third-order valence-corrected chi connectivity index (χ3v) is 6.14. The summed E-state index contributed by atoms with van der Waals surface area (Å²) in [5.74, 6) is 0.437. The smallest absolute Gasteiger partial charge is 0.225 e. The van der Waals surface area contributed by atoms with Crippen molar-refractivity contribution in [1.82, 2.24) is 14.6 Å². The van der Waals surface area contributed by atoms with E-state index in [1.165, 1.54) is 40.8 Å². The van der Waals surface area contributed by atoms with Crippen LogP contribution in [0.3, 0.4) is 0 Å². The zero-order chi connectivity index (χ0) is 22.1. The fourth-order valence-corrected chi connectivity index (χ4v) is 4.66. The number of fused-ring (bicyclic) bond motifs is 3. The monoisotopic (exact) mass is 432 g/mol. The Morgan fingerprint density at radius 1 is 1.03 bits per heavy atom. The molecule has 0 spiro atoms. The maximum Gasteiger partial charge on any atom is 0.225 e. The molecular weight excluding hydrogens is 408 g/mol. The second-order valence-corrected chi connectivity index (χ2v) is 8.83. The third kappa shape index (κ3) is 4.32. The second-order valence-electron chi connectivity index (χ2n) is 7.77. The van der Waals surface area contributed by atoms with E-state index in [2.05, 4.69) is 52.8 Å². The summed E-state index contributed by atoms with van der Waals surface area (Å²) in [6.45, 7) is 7.80. The number of Topliss-reactive ketones (excluding diaryl/α,β-unsaturated/α-hetero) is 1. The first-order chi connectivity index (χ1) is 14.8. The molecule has 0 aliphatic rings. The van der Waals surface area contributed by atoms with Gasteiger partial charge in [-0.25, -0.2) is 0 Å². The molecule has 0 saturated carbocycles. The van der Waals surface area contributed by atoms with Gasteiger partial charge in [-0.1, -0.05) is 35.5 Å². The molecule has 6 nitrogen and oxygen atoms in total. The molecule has 1 amide bonds. The molecule has 2 aromatic heterocycles. The number of nitrogens with one attached hydrogen (secondary N) is 1. The standard InChI is InChI=1S/C24H24N4O2S/c1-14-10-16(3)23-20(11-14)15(2)12-21-26-27-24(28(21)23)31-9-8-22(30)25-19-7-5-6-18(13-19)17(4)29/h5-7,10-13H,8-9H2,1-4H3,(H,25,30). The van der Waals surface area contributed by atoms with E-state index < -0.39 is 0 Å². The van der Waals surface area contributed by atoms with Gasteiger partial charge >= 0.3 is 0 Å². The average Bonchev–Trinajstić information content (AvgIpc) is 3.10. The van der Waals surface area contributed by atoms with Gasteiger partial charge < -0.3 is 5.32 Å². The first kappa shape index (κ1) is 21.1.